The fourth-order valence-electron chi connectivity index (χ4n) is 8.86. The topological polar surface area (TPSA) is 17.8 Å². The zero-order valence-corrected chi connectivity index (χ0v) is 30.0. The molecule has 2 heteroatoms. The Morgan fingerprint density at radius 3 is 1.55 bits per heavy atom. The van der Waals surface area contributed by atoms with E-state index in [2.05, 4.69) is 204 Å². The molecule has 0 fully saturated rings. The van der Waals surface area contributed by atoms with E-state index < -0.39 is 0 Å². The summed E-state index contributed by atoms with van der Waals surface area (Å²) in [4.78, 5) is 4.52. The maximum absolute atomic E-state index is 4.52. The SMILES string of the molecule is c1ccc(-c2cccc(-c3c4ccccc4c(-c4ccc(-c5ccc(-n6c7ccccc7c7ccncc76)c6ccccc56)cc4)c4ccccc34)c2)cc1. The van der Waals surface area contributed by atoms with Crippen LogP contribution in [0.15, 0.2) is 207 Å². The summed E-state index contributed by atoms with van der Waals surface area (Å²) >= 11 is 0. The zero-order chi connectivity index (χ0) is 36.3. The second-order valence-electron chi connectivity index (χ2n) is 14.3. The van der Waals surface area contributed by atoms with E-state index in [0.717, 1.165) is 11.2 Å². The van der Waals surface area contributed by atoms with Crippen molar-refractivity contribution in [3.63, 3.8) is 0 Å². The Bertz CT molecular complexity index is 3130. The minimum atomic E-state index is 1.11. The van der Waals surface area contributed by atoms with Crippen molar-refractivity contribution in [2.75, 3.05) is 0 Å². The number of para-hydroxylation sites is 1. The van der Waals surface area contributed by atoms with Gasteiger partial charge in [-0.15, -0.1) is 0 Å². The van der Waals surface area contributed by atoms with Gasteiger partial charge in [-0.3, -0.25) is 4.98 Å². The Balaban J connectivity index is 1.06. The van der Waals surface area contributed by atoms with E-state index in [0.29, 0.717) is 0 Å². The van der Waals surface area contributed by atoms with Crippen molar-refractivity contribution in [3.8, 4) is 50.2 Å². The first-order valence-electron chi connectivity index (χ1n) is 18.9. The monoisotopic (exact) mass is 698 g/mol. The van der Waals surface area contributed by atoms with Crippen molar-refractivity contribution < 1.29 is 0 Å². The second-order valence-corrected chi connectivity index (χ2v) is 14.3. The van der Waals surface area contributed by atoms with Gasteiger partial charge in [0.1, 0.15) is 0 Å². The molecule has 11 rings (SSSR count). The quantitative estimate of drug-likeness (QED) is 0.164. The highest BCUT2D eigenvalue weighted by Gasteiger charge is 2.19. The molecule has 0 saturated heterocycles. The van der Waals surface area contributed by atoms with Crippen molar-refractivity contribution in [2.45, 2.75) is 0 Å². The number of benzene rings is 9. The maximum Gasteiger partial charge on any atom is 0.0724 e. The Morgan fingerprint density at radius 1 is 0.309 bits per heavy atom. The fourth-order valence-corrected chi connectivity index (χ4v) is 8.86. The number of hydrogen-bond donors (Lipinski definition) is 0. The number of pyridine rings is 1. The molecule has 0 aliphatic rings. The minimum absolute atomic E-state index is 1.11. The van der Waals surface area contributed by atoms with Crippen LogP contribution in [-0.4, -0.2) is 9.55 Å². The molecule has 256 valence electrons. The molecule has 2 nitrogen and oxygen atoms in total. The molecule has 0 amide bonds. The summed E-state index contributed by atoms with van der Waals surface area (Å²) in [5, 5.41) is 9.90. The summed E-state index contributed by atoms with van der Waals surface area (Å²) in [6.07, 6.45) is 3.87. The molecule has 0 bridgehead atoms. The Morgan fingerprint density at radius 2 is 0.836 bits per heavy atom. The molecular weight excluding hydrogens is 665 g/mol. The molecule has 2 heterocycles. The lowest BCUT2D eigenvalue weighted by atomic mass is 9.85. The third-order valence-electron chi connectivity index (χ3n) is 11.3. The first-order chi connectivity index (χ1) is 27.3. The van der Waals surface area contributed by atoms with Gasteiger partial charge in [0.25, 0.3) is 0 Å². The molecule has 0 spiro atoms. The zero-order valence-electron chi connectivity index (χ0n) is 30.0. The van der Waals surface area contributed by atoms with Gasteiger partial charge in [-0.05, 0) is 95.7 Å². The van der Waals surface area contributed by atoms with Gasteiger partial charge in [-0.2, -0.15) is 0 Å². The van der Waals surface area contributed by atoms with E-state index >= 15 is 0 Å². The van der Waals surface area contributed by atoms with Gasteiger partial charge in [-0.25, -0.2) is 0 Å². The van der Waals surface area contributed by atoms with Crippen LogP contribution in [0.25, 0.3) is 104 Å². The molecule has 0 N–H and O–H groups in total. The van der Waals surface area contributed by atoms with Gasteiger partial charge < -0.3 is 4.57 Å². The Labute approximate surface area is 319 Å². The maximum atomic E-state index is 4.52. The lowest BCUT2D eigenvalue weighted by Gasteiger charge is -2.18. The standard InChI is InChI=1S/C53H34N2/c1-2-13-35(14-3-1)38-15-12-16-39(33-38)53-47-22-8-6-20-45(47)52(46-21-7-9-23-48(46)53)37-27-25-36(26-28-37)40-29-30-50(42-18-5-4-17-41(40)42)55-49-24-11-10-19-43(49)44-31-32-54-34-51(44)55/h1-34H. The van der Waals surface area contributed by atoms with Gasteiger partial charge in [0.15, 0.2) is 0 Å². The molecule has 0 atom stereocenters. The summed E-state index contributed by atoms with van der Waals surface area (Å²) in [5.74, 6) is 0. The fraction of sp³-hybridized carbons (Fsp3) is 0. The highest BCUT2D eigenvalue weighted by atomic mass is 15.0. The Hall–Kier alpha value is -7.29. The molecule has 0 saturated carbocycles. The van der Waals surface area contributed by atoms with Crippen LogP contribution in [0.4, 0.5) is 0 Å². The minimum Gasteiger partial charge on any atom is -0.307 e. The van der Waals surface area contributed by atoms with Crippen LogP contribution in [-0.2, 0) is 0 Å². The van der Waals surface area contributed by atoms with E-state index in [-0.39, 0.29) is 0 Å². The van der Waals surface area contributed by atoms with Crippen molar-refractivity contribution >= 4 is 54.1 Å². The highest BCUT2D eigenvalue weighted by molar-refractivity contribution is 6.21. The molecular formula is C53H34N2. The van der Waals surface area contributed by atoms with E-state index in [4.69, 9.17) is 0 Å². The van der Waals surface area contributed by atoms with E-state index in [9.17, 15) is 0 Å². The van der Waals surface area contributed by atoms with E-state index in [1.165, 1.54) is 93.1 Å². The van der Waals surface area contributed by atoms with Crippen molar-refractivity contribution in [1.29, 1.82) is 0 Å². The normalized spacial score (nSPS) is 11.6. The van der Waals surface area contributed by atoms with Gasteiger partial charge >= 0.3 is 0 Å². The third kappa shape index (κ3) is 5.00. The molecule has 0 aliphatic carbocycles. The molecule has 2 aromatic heterocycles. The summed E-state index contributed by atoms with van der Waals surface area (Å²) in [5.41, 5.74) is 13.3. The van der Waals surface area contributed by atoms with Crippen molar-refractivity contribution in [2.24, 2.45) is 0 Å². The van der Waals surface area contributed by atoms with E-state index in [1.54, 1.807) is 0 Å². The summed E-state index contributed by atoms with van der Waals surface area (Å²) in [7, 11) is 0. The van der Waals surface area contributed by atoms with Gasteiger partial charge in [0.05, 0.1) is 22.9 Å². The lowest BCUT2D eigenvalue weighted by Crippen LogP contribution is -1.96. The number of hydrogen-bond acceptors (Lipinski definition) is 1. The van der Waals surface area contributed by atoms with E-state index in [1.807, 2.05) is 12.4 Å². The van der Waals surface area contributed by atoms with Crippen LogP contribution in [0.3, 0.4) is 0 Å². The first kappa shape index (κ1) is 31.3. The molecule has 0 aliphatic heterocycles. The predicted molar refractivity (Wildman–Crippen MR) is 233 cm³/mol. The molecule has 55 heavy (non-hydrogen) atoms. The van der Waals surface area contributed by atoms with Crippen LogP contribution >= 0.6 is 0 Å². The summed E-state index contributed by atoms with van der Waals surface area (Å²) in [6.45, 7) is 0. The highest BCUT2D eigenvalue weighted by Crippen LogP contribution is 2.45. The molecule has 11 aromatic rings. The number of aromatic nitrogens is 2. The first-order valence-corrected chi connectivity index (χ1v) is 18.9. The largest absolute Gasteiger partial charge is 0.307 e. The molecule has 0 radical (unpaired) electrons. The summed E-state index contributed by atoms with van der Waals surface area (Å²) < 4.78 is 2.37. The smallest absolute Gasteiger partial charge is 0.0724 e. The predicted octanol–water partition coefficient (Wildman–Crippen LogP) is 14.3. The number of rotatable bonds is 5. The van der Waals surface area contributed by atoms with Crippen LogP contribution in [0.1, 0.15) is 0 Å². The van der Waals surface area contributed by atoms with Crippen LogP contribution in [0.2, 0.25) is 0 Å². The van der Waals surface area contributed by atoms with Gasteiger partial charge in [0.2, 0.25) is 0 Å². The summed E-state index contributed by atoms with van der Waals surface area (Å²) in [6, 6.07) is 70.7. The van der Waals surface area contributed by atoms with Gasteiger partial charge in [-0.1, -0.05) is 170 Å². The van der Waals surface area contributed by atoms with Crippen molar-refractivity contribution in [3.05, 3.63) is 207 Å². The van der Waals surface area contributed by atoms with Crippen LogP contribution < -0.4 is 0 Å². The molecule has 0 unspecified atom stereocenters. The average molecular weight is 699 g/mol. The number of fused-ring (bicyclic) bond motifs is 6. The molecule has 9 aromatic carbocycles. The third-order valence-corrected chi connectivity index (χ3v) is 11.3. The number of nitrogens with zero attached hydrogens (tertiary/aromatic N) is 2. The van der Waals surface area contributed by atoms with Gasteiger partial charge in [0, 0.05) is 22.4 Å². The lowest BCUT2D eigenvalue weighted by molar-refractivity contribution is 1.18. The Kier molecular flexibility index (Phi) is 7.21. The van der Waals surface area contributed by atoms with Crippen LogP contribution in [0, 0.1) is 0 Å². The van der Waals surface area contributed by atoms with Crippen LogP contribution in [0.5, 0.6) is 0 Å². The second kappa shape index (κ2) is 12.7. The average Bonchev–Trinajstić information content (AvgIpc) is 3.60. The van der Waals surface area contributed by atoms with Crippen molar-refractivity contribution in [1.82, 2.24) is 9.55 Å².